The maximum atomic E-state index is 2.54. The fourth-order valence-electron chi connectivity index (χ4n) is 6.54. The molecule has 212 valence electrons. The Morgan fingerprint density at radius 1 is 0.643 bits per heavy atom. The van der Waals surface area contributed by atoms with E-state index in [1.165, 1.54) is 66.8 Å². The molecular formula is C42H44. The first-order valence-electron chi connectivity index (χ1n) is 15.6. The lowest BCUT2D eigenvalue weighted by Gasteiger charge is -2.26. The Bertz CT molecular complexity index is 1650. The fourth-order valence-corrected chi connectivity index (χ4v) is 6.54. The molecule has 0 aromatic heterocycles. The average Bonchev–Trinajstić information content (AvgIpc) is 3.61. The van der Waals surface area contributed by atoms with Gasteiger partial charge < -0.3 is 0 Å². The molecule has 2 aliphatic carbocycles. The van der Waals surface area contributed by atoms with Gasteiger partial charge in [-0.2, -0.15) is 0 Å². The minimum atomic E-state index is 0.0423. The molecule has 0 amide bonds. The second-order valence-electron chi connectivity index (χ2n) is 14.2. The Balaban J connectivity index is 1.63. The van der Waals surface area contributed by atoms with Crippen molar-refractivity contribution < 1.29 is 0 Å². The smallest absolute Gasteiger partial charge is 0.000728 e. The Morgan fingerprint density at radius 3 is 1.79 bits per heavy atom. The highest BCUT2D eigenvalue weighted by Crippen LogP contribution is 2.47. The molecule has 4 aromatic carbocycles. The van der Waals surface area contributed by atoms with E-state index in [-0.39, 0.29) is 10.8 Å². The maximum absolute atomic E-state index is 2.54. The zero-order valence-electron chi connectivity index (χ0n) is 26.2. The minimum Gasteiger partial charge on any atom is -0.0801 e. The van der Waals surface area contributed by atoms with Gasteiger partial charge in [0.05, 0.1) is 0 Å². The Labute approximate surface area is 253 Å². The number of hydrogen-bond acceptors (Lipinski definition) is 0. The van der Waals surface area contributed by atoms with Gasteiger partial charge in [-0.15, -0.1) is 0 Å². The van der Waals surface area contributed by atoms with Gasteiger partial charge in [0.2, 0.25) is 0 Å². The van der Waals surface area contributed by atoms with Gasteiger partial charge in [-0.1, -0.05) is 156 Å². The van der Waals surface area contributed by atoms with E-state index >= 15 is 0 Å². The first-order chi connectivity index (χ1) is 20.1. The number of allylic oxidation sites excluding steroid dienone is 6. The summed E-state index contributed by atoms with van der Waals surface area (Å²) in [5.74, 6) is 0. The topological polar surface area (TPSA) is 0 Å². The van der Waals surface area contributed by atoms with Crippen molar-refractivity contribution in [3.63, 3.8) is 0 Å². The quantitative estimate of drug-likeness (QED) is 0.198. The Morgan fingerprint density at radius 2 is 1.24 bits per heavy atom. The van der Waals surface area contributed by atoms with Crippen molar-refractivity contribution in [3.05, 3.63) is 159 Å². The summed E-state index contributed by atoms with van der Waals surface area (Å²) in [6.07, 6.45) is 10.8. The molecule has 0 spiro atoms. The molecule has 0 heterocycles. The van der Waals surface area contributed by atoms with Crippen molar-refractivity contribution in [1.29, 1.82) is 0 Å². The summed E-state index contributed by atoms with van der Waals surface area (Å²) in [5.41, 5.74) is 17.4. The van der Waals surface area contributed by atoms with E-state index in [1.807, 2.05) is 0 Å². The van der Waals surface area contributed by atoms with Crippen LogP contribution in [0.25, 0.3) is 16.7 Å². The molecule has 42 heavy (non-hydrogen) atoms. The first kappa shape index (κ1) is 28.2. The predicted molar refractivity (Wildman–Crippen MR) is 181 cm³/mol. The number of hydrogen-bond donors (Lipinski definition) is 0. The van der Waals surface area contributed by atoms with Crippen LogP contribution in [-0.4, -0.2) is 0 Å². The summed E-state index contributed by atoms with van der Waals surface area (Å²) in [6.45, 7) is 14.0. The van der Waals surface area contributed by atoms with Crippen LogP contribution in [0, 0.1) is 0 Å². The molecule has 0 saturated heterocycles. The van der Waals surface area contributed by atoms with E-state index < -0.39 is 0 Å². The van der Waals surface area contributed by atoms with Gasteiger partial charge in [0, 0.05) is 0 Å². The third kappa shape index (κ3) is 5.73. The zero-order valence-corrected chi connectivity index (χ0v) is 26.2. The molecule has 4 aromatic rings. The summed E-state index contributed by atoms with van der Waals surface area (Å²) in [5, 5.41) is 0. The van der Waals surface area contributed by atoms with Crippen molar-refractivity contribution in [3.8, 4) is 11.1 Å². The normalized spacial score (nSPS) is 14.0. The maximum Gasteiger partial charge on any atom is -0.000728 e. The van der Waals surface area contributed by atoms with E-state index in [0.29, 0.717) is 0 Å². The summed E-state index contributed by atoms with van der Waals surface area (Å²) >= 11 is 0. The van der Waals surface area contributed by atoms with Gasteiger partial charge in [0.1, 0.15) is 0 Å². The van der Waals surface area contributed by atoms with Gasteiger partial charge in [0.25, 0.3) is 0 Å². The summed E-state index contributed by atoms with van der Waals surface area (Å²) in [4.78, 5) is 0. The molecule has 0 fully saturated rings. The fraction of sp³-hybridized carbons (Fsp3) is 0.286. The SMILES string of the molecule is CC(C)(C)c1ccc2c(c1)-c1cc(C(C)(C)C)cc(C(C3=CC=CC3)=C(Cc3ccccc3)Cc3ccccc3)c1C2. The van der Waals surface area contributed by atoms with Crippen molar-refractivity contribution >= 4 is 5.57 Å². The summed E-state index contributed by atoms with van der Waals surface area (Å²) in [6, 6.07) is 34.3. The van der Waals surface area contributed by atoms with Crippen LogP contribution in [0.3, 0.4) is 0 Å². The van der Waals surface area contributed by atoms with Crippen LogP contribution in [0.15, 0.2) is 120 Å². The molecule has 0 saturated carbocycles. The molecule has 2 aliphatic rings. The van der Waals surface area contributed by atoms with Crippen molar-refractivity contribution in [1.82, 2.24) is 0 Å². The summed E-state index contributed by atoms with van der Waals surface area (Å²) in [7, 11) is 0. The third-order valence-electron chi connectivity index (χ3n) is 8.99. The van der Waals surface area contributed by atoms with Crippen LogP contribution in [0.1, 0.15) is 86.9 Å². The van der Waals surface area contributed by atoms with Gasteiger partial charge in [0.15, 0.2) is 0 Å². The highest BCUT2D eigenvalue weighted by molar-refractivity contribution is 5.91. The van der Waals surface area contributed by atoms with Crippen LogP contribution >= 0.6 is 0 Å². The summed E-state index contributed by atoms with van der Waals surface area (Å²) < 4.78 is 0. The molecule has 0 nitrogen and oxygen atoms in total. The van der Waals surface area contributed by atoms with E-state index in [2.05, 4.69) is 151 Å². The largest absolute Gasteiger partial charge is 0.0801 e. The van der Waals surface area contributed by atoms with Crippen molar-refractivity contribution in [2.75, 3.05) is 0 Å². The van der Waals surface area contributed by atoms with Crippen LogP contribution in [0.2, 0.25) is 0 Å². The van der Waals surface area contributed by atoms with Crippen LogP contribution in [-0.2, 0) is 30.1 Å². The Hall–Kier alpha value is -3.90. The van der Waals surface area contributed by atoms with E-state index in [0.717, 1.165) is 25.7 Å². The minimum absolute atomic E-state index is 0.0423. The molecule has 0 radical (unpaired) electrons. The average molecular weight is 549 g/mol. The highest BCUT2D eigenvalue weighted by Gasteiger charge is 2.30. The predicted octanol–water partition coefficient (Wildman–Crippen LogP) is 11.0. The number of rotatable bonds is 6. The van der Waals surface area contributed by atoms with Gasteiger partial charge in [-0.3, -0.25) is 0 Å². The van der Waals surface area contributed by atoms with E-state index in [4.69, 9.17) is 0 Å². The van der Waals surface area contributed by atoms with Crippen LogP contribution in [0.5, 0.6) is 0 Å². The lowest BCUT2D eigenvalue weighted by molar-refractivity contribution is 0.589. The standard InChI is InChI=1S/C42H44/c1-41(2,3)34-22-21-32-25-37-38(36(32)26-34)27-35(42(4,5)6)28-39(37)40(31-19-13-14-20-31)33(23-29-15-9-7-10-16-29)24-30-17-11-8-12-18-30/h7-19,21-22,26-28H,20,23-25H2,1-6H3. The molecule has 0 heteroatoms. The first-order valence-corrected chi connectivity index (χ1v) is 15.6. The van der Waals surface area contributed by atoms with Crippen molar-refractivity contribution in [2.45, 2.75) is 78.1 Å². The van der Waals surface area contributed by atoms with E-state index in [1.54, 1.807) is 0 Å². The van der Waals surface area contributed by atoms with Gasteiger partial charge in [-0.25, -0.2) is 0 Å². The second kappa shape index (κ2) is 11.1. The van der Waals surface area contributed by atoms with Crippen molar-refractivity contribution in [2.24, 2.45) is 0 Å². The third-order valence-corrected chi connectivity index (χ3v) is 8.99. The Kier molecular flexibility index (Phi) is 7.44. The lowest BCUT2D eigenvalue weighted by atomic mass is 9.78. The monoisotopic (exact) mass is 548 g/mol. The number of fused-ring (bicyclic) bond motifs is 3. The van der Waals surface area contributed by atoms with Crippen LogP contribution in [0.4, 0.5) is 0 Å². The molecule has 0 unspecified atom stereocenters. The molecule has 0 aliphatic heterocycles. The van der Waals surface area contributed by atoms with Gasteiger partial charge in [-0.05, 0) is 97.7 Å². The second-order valence-corrected chi connectivity index (χ2v) is 14.2. The van der Waals surface area contributed by atoms with Gasteiger partial charge >= 0.3 is 0 Å². The lowest BCUT2D eigenvalue weighted by Crippen LogP contribution is -2.13. The molecule has 0 bridgehead atoms. The number of benzene rings is 4. The zero-order chi connectivity index (χ0) is 29.5. The molecule has 0 atom stereocenters. The molecule has 6 rings (SSSR count). The molecular weight excluding hydrogens is 504 g/mol. The van der Waals surface area contributed by atoms with E-state index in [9.17, 15) is 0 Å². The highest BCUT2D eigenvalue weighted by atomic mass is 14.3. The van der Waals surface area contributed by atoms with Crippen LogP contribution < -0.4 is 0 Å². The molecule has 0 N–H and O–H groups in total.